The number of hydrogen-bond donors (Lipinski definition) is 0. The highest BCUT2D eigenvalue weighted by Crippen LogP contribution is 2.34. The van der Waals surface area contributed by atoms with Gasteiger partial charge in [-0.05, 0) is 35.4 Å². The Morgan fingerprint density at radius 2 is 0.964 bits per heavy atom. The molecule has 0 saturated heterocycles. The van der Waals surface area contributed by atoms with Crippen LogP contribution in [0.5, 0.6) is 0 Å². The Bertz CT molecular complexity index is 1210. The zero-order valence-corrected chi connectivity index (χ0v) is 16.3. The summed E-state index contributed by atoms with van der Waals surface area (Å²) in [5.41, 5.74) is 6.33. The Labute approximate surface area is 165 Å². The van der Waals surface area contributed by atoms with E-state index >= 15 is 0 Å². The maximum absolute atomic E-state index is 2.37. The predicted molar refractivity (Wildman–Crippen MR) is 119 cm³/mol. The first-order valence-electron chi connectivity index (χ1n) is 9.81. The maximum Gasteiger partial charge on any atom is 0.0541 e. The topological polar surface area (TPSA) is 4.93 Å². The van der Waals surface area contributed by atoms with Crippen molar-refractivity contribution in [1.29, 1.82) is 0 Å². The SMILES string of the molecule is CC(C)(c1ccccc1)c1ccc(-n2c3ccccc3c3ccccc32)cc1. The second-order valence-electron chi connectivity index (χ2n) is 7.91. The van der Waals surface area contributed by atoms with Gasteiger partial charge in [-0.1, -0.05) is 92.7 Å². The summed E-state index contributed by atoms with van der Waals surface area (Å²) in [5, 5.41) is 2.60. The van der Waals surface area contributed by atoms with E-state index in [1.165, 1.54) is 38.6 Å². The molecule has 28 heavy (non-hydrogen) atoms. The molecule has 1 nitrogen and oxygen atoms in total. The fraction of sp³-hybridized carbons (Fsp3) is 0.111. The average molecular weight is 361 g/mol. The molecular weight excluding hydrogens is 338 g/mol. The minimum atomic E-state index is -0.0272. The van der Waals surface area contributed by atoms with Gasteiger partial charge in [0.25, 0.3) is 0 Å². The van der Waals surface area contributed by atoms with E-state index in [0.29, 0.717) is 0 Å². The molecule has 0 saturated carbocycles. The molecule has 5 aromatic rings. The van der Waals surface area contributed by atoms with Crippen molar-refractivity contribution < 1.29 is 0 Å². The molecule has 0 N–H and O–H groups in total. The van der Waals surface area contributed by atoms with Gasteiger partial charge in [-0.25, -0.2) is 0 Å². The highest BCUT2D eigenvalue weighted by molar-refractivity contribution is 6.09. The van der Waals surface area contributed by atoms with Gasteiger partial charge in [0.05, 0.1) is 11.0 Å². The molecule has 0 amide bonds. The Morgan fingerprint density at radius 3 is 1.54 bits per heavy atom. The van der Waals surface area contributed by atoms with Crippen LogP contribution in [0.2, 0.25) is 0 Å². The molecule has 136 valence electrons. The van der Waals surface area contributed by atoms with Crippen LogP contribution in [0, 0.1) is 0 Å². The number of para-hydroxylation sites is 2. The van der Waals surface area contributed by atoms with Gasteiger partial charge in [-0.2, -0.15) is 0 Å². The van der Waals surface area contributed by atoms with Gasteiger partial charge >= 0.3 is 0 Å². The van der Waals surface area contributed by atoms with Gasteiger partial charge in [-0.15, -0.1) is 0 Å². The quantitative estimate of drug-likeness (QED) is 0.323. The van der Waals surface area contributed by atoms with Crippen LogP contribution in [0.3, 0.4) is 0 Å². The molecule has 0 spiro atoms. The van der Waals surface area contributed by atoms with E-state index in [1.54, 1.807) is 0 Å². The lowest BCUT2D eigenvalue weighted by atomic mass is 9.78. The summed E-state index contributed by atoms with van der Waals surface area (Å²) in [6, 6.07) is 37.1. The highest BCUT2D eigenvalue weighted by Gasteiger charge is 2.23. The van der Waals surface area contributed by atoms with Crippen LogP contribution in [0.4, 0.5) is 0 Å². The van der Waals surface area contributed by atoms with Crippen molar-refractivity contribution in [1.82, 2.24) is 4.57 Å². The van der Waals surface area contributed by atoms with Gasteiger partial charge in [0, 0.05) is 21.9 Å². The number of rotatable bonds is 3. The highest BCUT2D eigenvalue weighted by atomic mass is 15.0. The standard InChI is InChI=1S/C27H23N/c1-27(2,20-10-4-3-5-11-20)21-16-18-22(19-17-21)28-25-14-8-6-12-23(25)24-13-7-9-15-26(24)28/h3-19H,1-2H3. The molecule has 0 fully saturated rings. The number of aromatic nitrogens is 1. The zero-order valence-electron chi connectivity index (χ0n) is 16.3. The summed E-state index contributed by atoms with van der Waals surface area (Å²) >= 11 is 0. The Morgan fingerprint density at radius 1 is 0.500 bits per heavy atom. The largest absolute Gasteiger partial charge is 0.309 e. The van der Waals surface area contributed by atoms with E-state index in [1.807, 2.05) is 0 Å². The number of hydrogen-bond acceptors (Lipinski definition) is 0. The van der Waals surface area contributed by atoms with E-state index in [-0.39, 0.29) is 5.41 Å². The smallest absolute Gasteiger partial charge is 0.0541 e. The van der Waals surface area contributed by atoms with Gasteiger partial charge in [0.1, 0.15) is 0 Å². The van der Waals surface area contributed by atoms with Crippen LogP contribution in [0.25, 0.3) is 27.5 Å². The molecule has 1 heterocycles. The second kappa shape index (κ2) is 6.38. The third-order valence-electron chi connectivity index (χ3n) is 5.92. The van der Waals surface area contributed by atoms with Gasteiger partial charge in [-0.3, -0.25) is 0 Å². The summed E-state index contributed by atoms with van der Waals surface area (Å²) in [6.07, 6.45) is 0. The predicted octanol–water partition coefficient (Wildman–Crippen LogP) is 7.11. The van der Waals surface area contributed by atoms with Crippen molar-refractivity contribution in [3.63, 3.8) is 0 Å². The van der Waals surface area contributed by atoms with Crippen LogP contribution in [-0.4, -0.2) is 4.57 Å². The molecule has 0 radical (unpaired) electrons. The Kier molecular flexibility index (Phi) is 3.84. The fourth-order valence-corrected chi connectivity index (χ4v) is 4.25. The van der Waals surface area contributed by atoms with Crippen molar-refractivity contribution in [2.45, 2.75) is 19.3 Å². The van der Waals surface area contributed by atoms with Crippen molar-refractivity contribution in [3.05, 3.63) is 114 Å². The molecule has 0 aliphatic rings. The molecule has 0 unspecified atom stereocenters. The Hall–Kier alpha value is -3.32. The normalized spacial score (nSPS) is 11.9. The van der Waals surface area contributed by atoms with E-state index < -0.39 is 0 Å². The molecule has 0 atom stereocenters. The lowest BCUT2D eigenvalue weighted by molar-refractivity contribution is 0.641. The van der Waals surface area contributed by atoms with Crippen molar-refractivity contribution >= 4 is 21.8 Å². The first-order valence-corrected chi connectivity index (χ1v) is 9.81. The summed E-state index contributed by atoms with van der Waals surface area (Å²) in [5.74, 6) is 0. The minimum Gasteiger partial charge on any atom is -0.309 e. The van der Waals surface area contributed by atoms with Crippen LogP contribution in [0.15, 0.2) is 103 Å². The van der Waals surface area contributed by atoms with Crippen LogP contribution < -0.4 is 0 Å². The van der Waals surface area contributed by atoms with E-state index in [0.717, 1.165) is 0 Å². The zero-order chi connectivity index (χ0) is 19.1. The van der Waals surface area contributed by atoms with Crippen molar-refractivity contribution in [2.24, 2.45) is 0 Å². The van der Waals surface area contributed by atoms with Gasteiger partial charge < -0.3 is 4.57 Å². The van der Waals surface area contributed by atoms with E-state index in [4.69, 9.17) is 0 Å². The average Bonchev–Trinajstić information content (AvgIpc) is 3.09. The second-order valence-corrected chi connectivity index (χ2v) is 7.91. The Balaban J connectivity index is 1.66. The van der Waals surface area contributed by atoms with Crippen LogP contribution in [-0.2, 0) is 5.41 Å². The summed E-state index contributed by atoms with van der Waals surface area (Å²) in [4.78, 5) is 0. The summed E-state index contributed by atoms with van der Waals surface area (Å²) < 4.78 is 2.37. The summed E-state index contributed by atoms with van der Waals surface area (Å²) in [6.45, 7) is 4.58. The molecule has 0 bridgehead atoms. The lowest BCUT2D eigenvalue weighted by Crippen LogP contribution is -2.18. The fourth-order valence-electron chi connectivity index (χ4n) is 4.25. The number of fused-ring (bicyclic) bond motifs is 3. The molecule has 1 heteroatoms. The summed E-state index contributed by atoms with van der Waals surface area (Å²) in [7, 11) is 0. The van der Waals surface area contributed by atoms with Gasteiger partial charge in [0.15, 0.2) is 0 Å². The van der Waals surface area contributed by atoms with Crippen LogP contribution >= 0.6 is 0 Å². The molecule has 1 aromatic heterocycles. The number of nitrogens with zero attached hydrogens (tertiary/aromatic N) is 1. The lowest BCUT2D eigenvalue weighted by Gasteiger charge is -2.26. The van der Waals surface area contributed by atoms with E-state index in [9.17, 15) is 0 Å². The molecule has 0 aliphatic heterocycles. The molecular formula is C27H23N. The third-order valence-corrected chi connectivity index (χ3v) is 5.92. The van der Waals surface area contributed by atoms with Crippen molar-refractivity contribution in [3.8, 4) is 5.69 Å². The first kappa shape index (κ1) is 16.8. The van der Waals surface area contributed by atoms with Crippen molar-refractivity contribution in [2.75, 3.05) is 0 Å². The van der Waals surface area contributed by atoms with E-state index in [2.05, 4.69) is 122 Å². The molecule has 0 aliphatic carbocycles. The number of benzene rings is 4. The van der Waals surface area contributed by atoms with Crippen LogP contribution in [0.1, 0.15) is 25.0 Å². The minimum absolute atomic E-state index is 0.0272. The monoisotopic (exact) mass is 361 g/mol. The first-order chi connectivity index (χ1) is 13.7. The molecule has 4 aromatic carbocycles. The third kappa shape index (κ3) is 2.55. The maximum atomic E-state index is 2.37. The van der Waals surface area contributed by atoms with Gasteiger partial charge in [0.2, 0.25) is 0 Å². The molecule has 5 rings (SSSR count).